The lowest BCUT2D eigenvalue weighted by Crippen LogP contribution is -2.62. The molecule has 3 saturated carbocycles. The number of carbonyl (C=O) groups excluding carboxylic acids is 1. The van der Waals surface area contributed by atoms with Gasteiger partial charge in [-0.2, -0.15) is 0 Å². The van der Waals surface area contributed by atoms with Crippen LogP contribution in [0, 0.1) is 52.8 Å². The van der Waals surface area contributed by atoms with E-state index in [2.05, 4.69) is 76.8 Å². The van der Waals surface area contributed by atoms with Gasteiger partial charge in [-0.1, -0.05) is 110 Å². The largest absolute Gasteiger partial charge is 0.492 e. The van der Waals surface area contributed by atoms with E-state index in [0.29, 0.717) is 40.8 Å². The second kappa shape index (κ2) is 16.9. The van der Waals surface area contributed by atoms with E-state index in [1.54, 1.807) is 19.6 Å². The topological polar surface area (TPSA) is 68.2 Å². The van der Waals surface area contributed by atoms with E-state index in [4.69, 9.17) is 14.2 Å². The molecule has 1 aromatic carbocycles. The molecular weight excluding hydrogens is 771 g/mol. The van der Waals surface area contributed by atoms with Crippen molar-refractivity contribution in [3.05, 3.63) is 81.7 Å². The van der Waals surface area contributed by atoms with Crippen LogP contribution in [0.1, 0.15) is 134 Å². The fourth-order valence-electron chi connectivity index (χ4n) is 14.9. The molecule has 1 aromatic rings. The van der Waals surface area contributed by atoms with Crippen molar-refractivity contribution in [2.75, 3.05) is 25.2 Å². The fourth-order valence-corrected chi connectivity index (χ4v) is 17.5. The highest BCUT2D eigenvalue weighted by Crippen LogP contribution is 2.69. The van der Waals surface area contributed by atoms with Crippen LogP contribution in [-0.4, -0.2) is 59.3 Å². The van der Waals surface area contributed by atoms with Crippen molar-refractivity contribution in [3.63, 3.8) is 0 Å². The van der Waals surface area contributed by atoms with E-state index in [0.717, 1.165) is 61.3 Å². The molecule has 0 radical (unpaired) electrons. The van der Waals surface area contributed by atoms with Crippen molar-refractivity contribution < 1.29 is 24.1 Å². The molecule has 0 aromatic heterocycles. The van der Waals surface area contributed by atoms with Gasteiger partial charge in [0.05, 0.1) is 18.8 Å². The highest BCUT2D eigenvalue weighted by Gasteiger charge is 2.64. The average Bonchev–Trinajstić information content (AvgIpc) is 4.06. The minimum atomic E-state index is -0.404. The first-order chi connectivity index (χ1) is 28.8. The molecule has 4 aliphatic carbocycles. The minimum Gasteiger partial charge on any atom is -0.492 e. The van der Waals surface area contributed by atoms with Crippen molar-refractivity contribution >= 4 is 27.6 Å². The summed E-state index contributed by atoms with van der Waals surface area (Å²) in [6.07, 6.45) is 24.5. The lowest BCUT2D eigenvalue weighted by atomic mass is 9.64. The van der Waals surface area contributed by atoms with Crippen LogP contribution in [0.25, 0.3) is 0 Å². The molecule has 1 unspecified atom stereocenters. The standard InChI is InChI=1S/C51H69NO5S2/c1-5-6-7-12-32-13-10-16-36(23-32)44-39-25-41-43-30(2)48(49-47(55-4)31(3)50(54)57-49)56-42(43)17-11-22-52(41)45-40(39)27-51(44)21-20-33(26-51)28-58-59-29-37-19-18-35(24-38(37)46(45)53)34-14-8-9-15-34/h10,13,16-17,19,23,30,33-35,38-41,43-46,53H,5-9,11-12,14-15,18,20-22,24-29H2,1-4H3/t30-,33-,35-,38?,39+,40-,41+,43-,44+,45+,46-,51-/m0/s1. The average molecular weight is 840 g/mol. The number of ether oxygens (including phenoxy) is 3. The first-order valence-electron chi connectivity index (χ1n) is 23.8. The van der Waals surface area contributed by atoms with Crippen molar-refractivity contribution in [2.45, 2.75) is 148 Å². The van der Waals surface area contributed by atoms with Crippen LogP contribution < -0.4 is 0 Å². The van der Waals surface area contributed by atoms with Crippen LogP contribution in [-0.2, 0) is 25.4 Å². The van der Waals surface area contributed by atoms with Gasteiger partial charge in [-0.3, -0.25) is 4.90 Å². The number of hydrogen-bond donors (Lipinski definition) is 1. The number of aliphatic hydroxyl groups is 1. The molecule has 320 valence electrons. The molecule has 3 saturated heterocycles. The van der Waals surface area contributed by atoms with Crippen LogP contribution in [0.3, 0.4) is 0 Å². The molecule has 8 heteroatoms. The fraction of sp³-hybridized carbons (Fsp3) is 0.706. The van der Waals surface area contributed by atoms with Crippen LogP contribution >= 0.6 is 21.6 Å². The van der Waals surface area contributed by atoms with Crippen LogP contribution in [0.2, 0.25) is 0 Å². The van der Waals surface area contributed by atoms with Gasteiger partial charge >= 0.3 is 5.97 Å². The molecule has 0 amide bonds. The van der Waals surface area contributed by atoms with Gasteiger partial charge in [-0.25, -0.2) is 4.79 Å². The van der Waals surface area contributed by atoms with Gasteiger partial charge in [-0.05, 0) is 129 Å². The smallest absolute Gasteiger partial charge is 0.343 e. The number of nitrogens with zero attached hydrogens (tertiary/aromatic N) is 1. The van der Waals surface area contributed by atoms with Gasteiger partial charge in [0, 0.05) is 47.9 Å². The zero-order chi connectivity index (χ0) is 40.4. The minimum absolute atomic E-state index is 0.00233. The summed E-state index contributed by atoms with van der Waals surface area (Å²) in [6, 6.07) is 10.2. The number of aliphatic hydroxyl groups excluding tert-OH is 1. The van der Waals surface area contributed by atoms with Crippen LogP contribution in [0.5, 0.6) is 0 Å². The van der Waals surface area contributed by atoms with Gasteiger partial charge in [-0.15, -0.1) is 0 Å². The number of rotatable bonds is 7. The molecular formula is C51H69NO5S2. The Morgan fingerprint density at radius 2 is 1.88 bits per heavy atom. The van der Waals surface area contributed by atoms with E-state index in [-0.39, 0.29) is 41.2 Å². The van der Waals surface area contributed by atoms with Crippen molar-refractivity contribution in [1.82, 2.24) is 4.90 Å². The van der Waals surface area contributed by atoms with Gasteiger partial charge < -0.3 is 19.3 Å². The number of carbonyl (C=O) groups is 1. The summed E-state index contributed by atoms with van der Waals surface area (Å²) in [5.41, 5.74) is 5.38. The number of benzene rings is 1. The number of cyclic esters (lactones) is 1. The maximum Gasteiger partial charge on any atom is 0.343 e. The number of piperidine rings is 1. The Balaban J connectivity index is 1.09. The van der Waals surface area contributed by atoms with E-state index >= 15 is 0 Å². The Morgan fingerprint density at radius 3 is 2.71 bits per heavy atom. The molecule has 5 aliphatic heterocycles. The normalized spacial score (nSPS) is 41.1. The van der Waals surface area contributed by atoms with Gasteiger partial charge in [0.2, 0.25) is 5.76 Å². The summed E-state index contributed by atoms with van der Waals surface area (Å²) in [5.74, 6) is 8.66. The molecule has 1 N–H and O–H groups in total. The molecule has 12 atom stereocenters. The number of aryl methyl sites for hydroxylation is 1. The van der Waals surface area contributed by atoms with Crippen molar-refractivity contribution in [2.24, 2.45) is 52.8 Å². The zero-order valence-electron chi connectivity index (χ0n) is 36.2. The van der Waals surface area contributed by atoms with Gasteiger partial charge in [0.1, 0.15) is 5.76 Å². The zero-order valence-corrected chi connectivity index (χ0v) is 37.8. The van der Waals surface area contributed by atoms with Crippen LogP contribution in [0.15, 0.2) is 70.6 Å². The molecule has 6 nitrogen and oxygen atoms in total. The number of fused-ring (bicyclic) bond motifs is 6. The van der Waals surface area contributed by atoms with E-state index in [1.165, 1.54) is 93.9 Å². The number of unbranched alkanes of at least 4 members (excludes halogenated alkanes) is 2. The second-order valence-corrected chi connectivity index (χ2v) is 23.0. The predicted molar refractivity (Wildman–Crippen MR) is 239 cm³/mol. The molecule has 9 aliphatic rings. The lowest BCUT2D eigenvalue weighted by molar-refractivity contribution is -0.133. The SMILES string of the molecule is CCCCCc1cccc([C@@H]2[C@@H]3C[C@@H]4[C@H]5C(=CCCN4[C@@H]4[C@H]3C[C@@]23CC[C@H](CSSCC2=CC[C@H](C6CCCC6)CC2[C@@H]4O)C3)OC(=C2OC(=O)C(C)=C2OC)[C@H]5C)c1. The molecule has 59 heavy (non-hydrogen) atoms. The first kappa shape index (κ1) is 40.9. The molecule has 10 rings (SSSR count). The summed E-state index contributed by atoms with van der Waals surface area (Å²) >= 11 is 0. The number of allylic oxidation sites excluding steroid dienone is 2. The summed E-state index contributed by atoms with van der Waals surface area (Å²) in [6.45, 7) is 7.32. The number of esters is 1. The Labute approximate surface area is 362 Å². The first-order valence-corrected chi connectivity index (χ1v) is 26.3. The Morgan fingerprint density at radius 1 is 1.02 bits per heavy atom. The molecule has 5 heterocycles. The van der Waals surface area contributed by atoms with Crippen LogP contribution in [0.4, 0.5) is 0 Å². The molecule has 6 fully saturated rings. The number of hydrogen-bond acceptors (Lipinski definition) is 8. The Hall–Kier alpha value is -2.13. The van der Waals surface area contributed by atoms with Crippen molar-refractivity contribution in [1.29, 1.82) is 0 Å². The Bertz CT molecular complexity index is 1900. The third-order valence-electron chi connectivity index (χ3n) is 17.5. The van der Waals surface area contributed by atoms with Crippen molar-refractivity contribution in [3.8, 4) is 0 Å². The number of methoxy groups -OCH3 is 1. The third kappa shape index (κ3) is 7.22. The summed E-state index contributed by atoms with van der Waals surface area (Å²) < 4.78 is 18.6. The Kier molecular flexibility index (Phi) is 11.7. The van der Waals surface area contributed by atoms with E-state index < -0.39 is 6.10 Å². The van der Waals surface area contributed by atoms with Gasteiger partial charge in [0.25, 0.3) is 0 Å². The van der Waals surface area contributed by atoms with E-state index in [9.17, 15) is 9.90 Å². The maximum absolute atomic E-state index is 13.6. The van der Waals surface area contributed by atoms with E-state index in [1.807, 2.05) is 0 Å². The molecule has 1 spiro atoms. The quantitative estimate of drug-likeness (QED) is 0.126. The summed E-state index contributed by atoms with van der Waals surface area (Å²) in [4.78, 5) is 15.8. The maximum atomic E-state index is 13.6. The van der Waals surface area contributed by atoms with Gasteiger partial charge in [0.15, 0.2) is 11.5 Å². The monoisotopic (exact) mass is 839 g/mol. The highest BCUT2D eigenvalue weighted by atomic mass is 33.1. The predicted octanol–water partition coefficient (Wildman–Crippen LogP) is 11.5. The third-order valence-corrected chi connectivity index (χ3v) is 19.9. The summed E-state index contributed by atoms with van der Waals surface area (Å²) in [5, 5.41) is 13.6. The second-order valence-electron chi connectivity index (χ2n) is 20.5. The lowest BCUT2D eigenvalue weighted by Gasteiger charge is -2.54. The highest BCUT2D eigenvalue weighted by molar-refractivity contribution is 8.76. The molecule has 3 bridgehead atoms. The summed E-state index contributed by atoms with van der Waals surface area (Å²) in [7, 11) is 5.83.